The number of hydrogen-bond acceptors (Lipinski definition) is 1. The molecule has 94 valence electrons. The summed E-state index contributed by atoms with van der Waals surface area (Å²) < 4.78 is 0. The summed E-state index contributed by atoms with van der Waals surface area (Å²) in [6.07, 6.45) is 12.4. The van der Waals surface area contributed by atoms with Crippen LogP contribution in [0.4, 0.5) is 0 Å². The lowest BCUT2D eigenvalue weighted by molar-refractivity contribution is 0.189. The van der Waals surface area contributed by atoms with Crippen LogP contribution in [0, 0.1) is 17.8 Å². The molecule has 1 heteroatoms. The zero-order chi connectivity index (χ0) is 11.6. The van der Waals surface area contributed by atoms with Gasteiger partial charge in [-0.2, -0.15) is 0 Å². The highest BCUT2D eigenvalue weighted by atomic mass is 14.7. The highest BCUT2D eigenvalue weighted by molar-refractivity contribution is 4.95. The fourth-order valence-corrected chi connectivity index (χ4v) is 3.50. The van der Waals surface area contributed by atoms with E-state index in [2.05, 4.69) is 13.8 Å². The summed E-state index contributed by atoms with van der Waals surface area (Å²) in [6, 6.07) is 0. The van der Waals surface area contributed by atoms with Gasteiger partial charge in [0.15, 0.2) is 0 Å². The van der Waals surface area contributed by atoms with Gasteiger partial charge in [0.05, 0.1) is 0 Å². The highest BCUT2D eigenvalue weighted by Crippen LogP contribution is 2.46. The van der Waals surface area contributed by atoms with Gasteiger partial charge in [0.25, 0.3) is 0 Å². The van der Waals surface area contributed by atoms with E-state index >= 15 is 0 Å². The third kappa shape index (κ3) is 3.48. The van der Waals surface area contributed by atoms with Gasteiger partial charge in [-0.3, -0.25) is 0 Å². The molecule has 2 unspecified atom stereocenters. The molecule has 0 aliphatic heterocycles. The fourth-order valence-electron chi connectivity index (χ4n) is 3.50. The van der Waals surface area contributed by atoms with E-state index in [1.54, 1.807) is 0 Å². The molecule has 2 aliphatic carbocycles. The van der Waals surface area contributed by atoms with E-state index in [1.807, 2.05) is 0 Å². The van der Waals surface area contributed by atoms with E-state index in [0.29, 0.717) is 0 Å². The van der Waals surface area contributed by atoms with Crippen LogP contribution >= 0.6 is 0 Å². The van der Waals surface area contributed by atoms with Crippen LogP contribution in [0.5, 0.6) is 0 Å². The van der Waals surface area contributed by atoms with E-state index in [1.165, 1.54) is 57.8 Å². The summed E-state index contributed by atoms with van der Waals surface area (Å²) in [7, 11) is 0. The summed E-state index contributed by atoms with van der Waals surface area (Å²) in [6.45, 7) is 4.63. The minimum Gasteiger partial charge on any atom is -0.325 e. The molecule has 0 bridgehead atoms. The van der Waals surface area contributed by atoms with Gasteiger partial charge >= 0.3 is 0 Å². The second-order valence-electron chi connectivity index (χ2n) is 6.84. The second kappa shape index (κ2) is 5.08. The van der Waals surface area contributed by atoms with Crippen molar-refractivity contribution >= 4 is 0 Å². The van der Waals surface area contributed by atoms with Crippen LogP contribution in [0.1, 0.15) is 71.6 Å². The molecule has 0 spiro atoms. The average Bonchev–Trinajstić information content (AvgIpc) is 2.99. The van der Waals surface area contributed by atoms with Gasteiger partial charge in [-0.25, -0.2) is 0 Å². The van der Waals surface area contributed by atoms with Crippen molar-refractivity contribution in [2.45, 2.75) is 77.2 Å². The zero-order valence-corrected chi connectivity index (χ0v) is 11.2. The molecule has 0 aromatic heterocycles. The minimum atomic E-state index is 0.209. The van der Waals surface area contributed by atoms with Crippen LogP contribution in [0.15, 0.2) is 0 Å². The summed E-state index contributed by atoms with van der Waals surface area (Å²) in [5, 5.41) is 0. The van der Waals surface area contributed by atoms with Crippen molar-refractivity contribution in [1.29, 1.82) is 0 Å². The Labute approximate surface area is 101 Å². The van der Waals surface area contributed by atoms with Crippen molar-refractivity contribution < 1.29 is 0 Å². The first-order valence-corrected chi connectivity index (χ1v) is 7.38. The van der Waals surface area contributed by atoms with Gasteiger partial charge in [0, 0.05) is 5.54 Å². The molecular formula is C15H29N. The Bertz CT molecular complexity index is 219. The zero-order valence-electron chi connectivity index (χ0n) is 11.2. The Morgan fingerprint density at radius 3 is 2.56 bits per heavy atom. The van der Waals surface area contributed by atoms with Crippen molar-refractivity contribution in [3.05, 3.63) is 0 Å². The van der Waals surface area contributed by atoms with E-state index in [-0.39, 0.29) is 5.54 Å². The molecule has 2 saturated carbocycles. The van der Waals surface area contributed by atoms with Crippen LogP contribution in [0.3, 0.4) is 0 Å². The maximum atomic E-state index is 6.60. The molecule has 0 radical (unpaired) electrons. The van der Waals surface area contributed by atoms with Crippen molar-refractivity contribution in [3.63, 3.8) is 0 Å². The molecular weight excluding hydrogens is 194 g/mol. The lowest BCUT2D eigenvalue weighted by atomic mass is 9.72. The van der Waals surface area contributed by atoms with Crippen LogP contribution < -0.4 is 5.73 Å². The van der Waals surface area contributed by atoms with Crippen molar-refractivity contribution in [1.82, 2.24) is 0 Å². The Hall–Kier alpha value is -0.0400. The van der Waals surface area contributed by atoms with Gasteiger partial charge < -0.3 is 5.73 Å². The molecule has 0 aromatic rings. The first-order valence-electron chi connectivity index (χ1n) is 7.38. The SMILES string of the molecule is CC(C)CCCC1(N)CCCC(C2CC2)C1. The maximum absolute atomic E-state index is 6.60. The first kappa shape index (κ1) is 12.4. The van der Waals surface area contributed by atoms with Crippen molar-refractivity contribution in [2.24, 2.45) is 23.5 Å². The molecule has 2 atom stereocenters. The number of hydrogen-bond donors (Lipinski definition) is 1. The topological polar surface area (TPSA) is 26.0 Å². The molecule has 2 fully saturated rings. The summed E-state index contributed by atoms with van der Waals surface area (Å²) in [4.78, 5) is 0. The quantitative estimate of drug-likeness (QED) is 0.745. The molecule has 0 aromatic carbocycles. The van der Waals surface area contributed by atoms with Gasteiger partial charge in [0.1, 0.15) is 0 Å². The Balaban J connectivity index is 1.76. The minimum absolute atomic E-state index is 0.209. The van der Waals surface area contributed by atoms with Gasteiger partial charge in [-0.05, 0) is 49.9 Å². The summed E-state index contributed by atoms with van der Waals surface area (Å²) >= 11 is 0. The molecule has 2 N–H and O–H groups in total. The van der Waals surface area contributed by atoms with Crippen molar-refractivity contribution in [3.8, 4) is 0 Å². The lowest BCUT2D eigenvalue weighted by Gasteiger charge is -2.38. The third-order valence-corrected chi connectivity index (χ3v) is 4.66. The molecule has 0 heterocycles. The standard InChI is InChI=1S/C15H29N/c1-12(2)5-3-9-15(16)10-4-6-14(11-15)13-7-8-13/h12-14H,3-11,16H2,1-2H3. The highest BCUT2D eigenvalue weighted by Gasteiger charge is 2.39. The fraction of sp³-hybridized carbons (Fsp3) is 1.00. The molecule has 2 rings (SSSR count). The van der Waals surface area contributed by atoms with Crippen LogP contribution in [0.2, 0.25) is 0 Å². The molecule has 1 nitrogen and oxygen atoms in total. The predicted molar refractivity (Wildman–Crippen MR) is 70.3 cm³/mol. The van der Waals surface area contributed by atoms with Gasteiger partial charge in [0.2, 0.25) is 0 Å². The number of rotatable bonds is 5. The molecule has 0 amide bonds. The largest absolute Gasteiger partial charge is 0.325 e. The first-order chi connectivity index (χ1) is 7.59. The predicted octanol–water partition coefficient (Wildman–Crippen LogP) is 4.11. The Morgan fingerprint density at radius 1 is 1.19 bits per heavy atom. The molecule has 0 saturated heterocycles. The van der Waals surface area contributed by atoms with Crippen LogP contribution in [0.25, 0.3) is 0 Å². The van der Waals surface area contributed by atoms with E-state index in [4.69, 9.17) is 5.73 Å². The normalized spacial score (nSPS) is 35.6. The average molecular weight is 223 g/mol. The second-order valence-corrected chi connectivity index (χ2v) is 6.84. The monoisotopic (exact) mass is 223 g/mol. The van der Waals surface area contributed by atoms with Crippen LogP contribution in [-0.4, -0.2) is 5.54 Å². The van der Waals surface area contributed by atoms with E-state index in [0.717, 1.165) is 17.8 Å². The third-order valence-electron chi connectivity index (χ3n) is 4.66. The van der Waals surface area contributed by atoms with Gasteiger partial charge in [-0.15, -0.1) is 0 Å². The molecule has 2 aliphatic rings. The van der Waals surface area contributed by atoms with Gasteiger partial charge in [-0.1, -0.05) is 39.5 Å². The van der Waals surface area contributed by atoms with Crippen molar-refractivity contribution in [2.75, 3.05) is 0 Å². The lowest BCUT2D eigenvalue weighted by Crippen LogP contribution is -2.44. The Kier molecular flexibility index (Phi) is 3.94. The summed E-state index contributed by atoms with van der Waals surface area (Å²) in [5.74, 6) is 2.89. The smallest absolute Gasteiger partial charge is 0.0157 e. The Morgan fingerprint density at radius 2 is 1.94 bits per heavy atom. The number of nitrogens with two attached hydrogens (primary N) is 1. The van der Waals surface area contributed by atoms with E-state index < -0.39 is 0 Å². The maximum Gasteiger partial charge on any atom is 0.0157 e. The van der Waals surface area contributed by atoms with E-state index in [9.17, 15) is 0 Å². The van der Waals surface area contributed by atoms with Crippen LogP contribution in [-0.2, 0) is 0 Å². The molecule has 16 heavy (non-hydrogen) atoms. The summed E-state index contributed by atoms with van der Waals surface area (Å²) in [5.41, 5.74) is 6.81.